The smallest absolute Gasteiger partial charge is 0.146 e. The molecular formula is C17H36ClNO. The lowest BCUT2D eigenvalue weighted by atomic mass is 9.88. The van der Waals surface area contributed by atoms with Crippen LogP contribution in [0.15, 0.2) is 0 Å². The predicted octanol–water partition coefficient (Wildman–Crippen LogP) is 1.09. The summed E-state index contributed by atoms with van der Waals surface area (Å²) < 4.78 is 5.82. The second-order valence-electron chi connectivity index (χ2n) is 7.03. The van der Waals surface area contributed by atoms with E-state index in [-0.39, 0.29) is 23.6 Å². The summed E-state index contributed by atoms with van der Waals surface area (Å²) in [6, 6.07) is 0.451. The lowest BCUT2D eigenvalue weighted by Crippen LogP contribution is -3.00. The Bertz CT molecular complexity index is 257. The summed E-state index contributed by atoms with van der Waals surface area (Å²) in [7, 11) is 0. The van der Waals surface area contributed by atoms with Gasteiger partial charge in [-0.1, -0.05) is 58.3 Å². The van der Waals surface area contributed by atoms with Crippen LogP contribution in [0.25, 0.3) is 0 Å². The van der Waals surface area contributed by atoms with Gasteiger partial charge in [-0.3, -0.25) is 0 Å². The number of hydrogen-bond donors (Lipinski definition) is 1. The Kier molecular flexibility index (Phi) is 9.37. The topological polar surface area (TPSA) is 40.2 Å². The molecule has 3 N–H and O–H groups in total. The molecule has 0 aliphatic carbocycles. The zero-order valence-electron chi connectivity index (χ0n) is 14.1. The van der Waals surface area contributed by atoms with Crippen molar-refractivity contribution in [3.8, 4) is 0 Å². The van der Waals surface area contributed by atoms with Gasteiger partial charge >= 0.3 is 0 Å². The molecule has 0 spiro atoms. The van der Waals surface area contributed by atoms with Crippen molar-refractivity contribution in [3.63, 3.8) is 0 Å². The molecule has 3 heteroatoms. The number of rotatable bonds is 11. The van der Waals surface area contributed by atoms with Gasteiger partial charge in [0.05, 0.1) is 5.60 Å². The molecule has 0 bridgehead atoms. The van der Waals surface area contributed by atoms with E-state index in [1.165, 1.54) is 64.2 Å². The molecule has 0 saturated carbocycles. The van der Waals surface area contributed by atoms with Crippen molar-refractivity contribution in [1.82, 2.24) is 0 Å². The Labute approximate surface area is 132 Å². The summed E-state index contributed by atoms with van der Waals surface area (Å²) in [6.45, 7) is 8.86. The molecule has 0 aromatic carbocycles. The fraction of sp³-hybridized carbons (Fsp3) is 1.00. The maximum atomic E-state index is 5.82. The SMILES string of the molecule is CCCCCCCCCCCC([NH3+])C1(C)OC1(C)C.[Cl-]. The van der Waals surface area contributed by atoms with Crippen LogP contribution in [0.5, 0.6) is 0 Å². The largest absolute Gasteiger partial charge is 1.00 e. The van der Waals surface area contributed by atoms with Crippen LogP contribution in [0.4, 0.5) is 0 Å². The lowest BCUT2D eigenvalue weighted by Gasteiger charge is -2.15. The van der Waals surface area contributed by atoms with Crippen molar-refractivity contribution in [2.24, 2.45) is 0 Å². The highest BCUT2D eigenvalue weighted by atomic mass is 35.5. The molecule has 1 saturated heterocycles. The molecule has 1 fully saturated rings. The first kappa shape index (κ1) is 20.2. The zero-order chi connectivity index (χ0) is 14.4. The molecule has 1 aliphatic rings. The van der Waals surface area contributed by atoms with Gasteiger partial charge in [-0.05, 0) is 27.2 Å². The van der Waals surface area contributed by atoms with Crippen LogP contribution >= 0.6 is 0 Å². The number of unbranched alkanes of at least 4 members (excludes halogenated alkanes) is 8. The van der Waals surface area contributed by atoms with E-state index in [0.29, 0.717) is 6.04 Å². The monoisotopic (exact) mass is 305 g/mol. The molecule has 2 atom stereocenters. The van der Waals surface area contributed by atoms with E-state index < -0.39 is 0 Å². The van der Waals surface area contributed by atoms with Gasteiger partial charge in [0.25, 0.3) is 0 Å². The van der Waals surface area contributed by atoms with Gasteiger partial charge in [0.2, 0.25) is 0 Å². The average Bonchev–Trinajstić information content (AvgIpc) is 2.87. The third kappa shape index (κ3) is 5.91. The summed E-state index contributed by atoms with van der Waals surface area (Å²) >= 11 is 0. The minimum atomic E-state index is 0. The fourth-order valence-electron chi connectivity index (χ4n) is 3.06. The van der Waals surface area contributed by atoms with Gasteiger partial charge in [0.15, 0.2) is 0 Å². The van der Waals surface area contributed by atoms with E-state index in [1.807, 2.05) is 0 Å². The molecule has 2 nitrogen and oxygen atoms in total. The van der Waals surface area contributed by atoms with Crippen LogP contribution in [0.2, 0.25) is 0 Å². The minimum absolute atomic E-state index is 0. The Morgan fingerprint density at radius 1 is 0.850 bits per heavy atom. The summed E-state index contributed by atoms with van der Waals surface area (Å²) in [5.41, 5.74) is 4.40. The molecule has 20 heavy (non-hydrogen) atoms. The van der Waals surface area contributed by atoms with Gasteiger partial charge < -0.3 is 22.9 Å². The van der Waals surface area contributed by atoms with Crippen molar-refractivity contribution in [3.05, 3.63) is 0 Å². The zero-order valence-corrected chi connectivity index (χ0v) is 14.9. The number of ether oxygens (including phenoxy) is 1. The van der Waals surface area contributed by atoms with Gasteiger partial charge in [0, 0.05) is 6.42 Å². The molecule has 2 unspecified atom stereocenters. The van der Waals surface area contributed by atoms with Crippen molar-refractivity contribution >= 4 is 0 Å². The summed E-state index contributed by atoms with van der Waals surface area (Å²) in [5, 5.41) is 0. The maximum Gasteiger partial charge on any atom is 0.146 e. The van der Waals surface area contributed by atoms with E-state index in [2.05, 4.69) is 33.4 Å². The second-order valence-corrected chi connectivity index (χ2v) is 7.03. The average molecular weight is 306 g/mol. The highest BCUT2D eigenvalue weighted by Crippen LogP contribution is 2.49. The van der Waals surface area contributed by atoms with Gasteiger partial charge in [-0.25, -0.2) is 0 Å². The van der Waals surface area contributed by atoms with Crippen LogP contribution in [0.3, 0.4) is 0 Å². The maximum absolute atomic E-state index is 5.82. The van der Waals surface area contributed by atoms with Crippen molar-refractivity contribution < 1.29 is 22.9 Å². The molecule has 0 radical (unpaired) electrons. The normalized spacial score (nSPS) is 25.1. The third-order valence-electron chi connectivity index (χ3n) is 5.06. The quantitative estimate of drug-likeness (QED) is 0.450. The Morgan fingerprint density at radius 2 is 1.25 bits per heavy atom. The summed E-state index contributed by atoms with van der Waals surface area (Å²) in [4.78, 5) is 0. The molecule has 122 valence electrons. The number of halogens is 1. The summed E-state index contributed by atoms with van der Waals surface area (Å²) in [5.74, 6) is 0. The molecule has 0 aromatic heterocycles. The van der Waals surface area contributed by atoms with Crippen LogP contribution < -0.4 is 18.1 Å². The number of hydrogen-bond acceptors (Lipinski definition) is 1. The highest BCUT2D eigenvalue weighted by molar-refractivity contribution is 5.11. The predicted molar refractivity (Wildman–Crippen MR) is 82.1 cm³/mol. The Morgan fingerprint density at radius 3 is 1.65 bits per heavy atom. The molecule has 1 rings (SSSR count). The summed E-state index contributed by atoms with van der Waals surface area (Å²) in [6.07, 6.45) is 13.8. The fourth-order valence-corrected chi connectivity index (χ4v) is 3.06. The van der Waals surface area contributed by atoms with Crippen molar-refractivity contribution in [1.29, 1.82) is 0 Å². The van der Waals surface area contributed by atoms with Gasteiger partial charge in [-0.2, -0.15) is 0 Å². The second kappa shape index (κ2) is 9.27. The van der Waals surface area contributed by atoms with E-state index in [9.17, 15) is 0 Å². The standard InChI is InChI=1S/C17H35NO.ClH/c1-5-6-7-8-9-10-11-12-13-14-15(18)17(4)16(2,3)19-17;/h15H,5-14,18H2,1-4H3;1H. The first-order valence-corrected chi connectivity index (χ1v) is 8.47. The van der Waals surface area contributed by atoms with Crippen molar-refractivity contribution in [2.45, 2.75) is 109 Å². The third-order valence-corrected chi connectivity index (χ3v) is 5.06. The molecule has 0 aromatic rings. The minimum Gasteiger partial charge on any atom is -1.00 e. The van der Waals surface area contributed by atoms with Crippen LogP contribution in [0, 0.1) is 0 Å². The van der Waals surface area contributed by atoms with Gasteiger partial charge in [-0.15, -0.1) is 0 Å². The van der Waals surface area contributed by atoms with Crippen molar-refractivity contribution in [2.75, 3.05) is 0 Å². The molecule has 0 amide bonds. The Balaban J connectivity index is 0.00000361. The van der Waals surface area contributed by atoms with E-state index in [4.69, 9.17) is 4.74 Å². The van der Waals surface area contributed by atoms with Crippen LogP contribution in [0.1, 0.15) is 91.9 Å². The molecule has 1 aliphatic heterocycles. The molecular weight excluding hydrogens is 270 g/mol. The van der Waals surface area contributed by atoms with E-state index in [0.717, 1.165) is 0 Å². The first-order chi connectivity index (χ1) is 8.94. The lowest BCUT2D eigenvalue weighted by molar-refractivity contribution is -0.435. The van der Waals surface area contributed by atoms with Gasteiger partial charge in [0.1, 0.15) is 11.6 Å². The van der Waals surface area contributed by atoms with E-state index in [1.54, 1.807) is 0 Å². The molecule has 1 heterocycles. The van der Waals surface area contributed by atoms with Crippen LogP contribution in [-0.2, 0) is 4.74 Å². The van der Waals surface area contributed by atoms with Crippen LogP contribution in [-0.4, -0.2) is 17.2 Å². The Hall–Kier alpha value is 0.210. The van der Waals surface area contributed by atoms with E-state index >= 15 is 0 Å². The number of epoxide rings is 1. The number of quaternary nitrogens is 1. The highest BCUT2D eigenvalue weighted by Gasteiger charge is 2.65. The first-order valence-electron chi connectivity index (χ1n) is 8.47.